The molecule has 9 nitrogen and oxygen atoms in total. The number of ether oxygens (including phenoxy) is 1. The van der Waals surface area contributed by atoms with Crippen molar-refractivity contribution in [3.05, 3.63) is 0 Å². The first kappa shape index (κ1) is 20.3. The number of hydrogen-bond acceptors (Lipinski definition) is 7. The standard InChI is InChI=1S/C9H14O9.HI/c10-3-5(4-11)18-7(14)2-9(17,8(15)16)1-6(12)13;/h5,10-11,17H,1-4H2,(H,12,13)(H,15,16);1H. The lowest BCUT2D eigenvalue weighted by atomic mass is 9.96. The molecule has 0 amide bonds. The third-order valence-corrected chi connectivity index (χ3v) is 1.98. The van der Waals surface area contributed by atoms with Gasteiger partial charge in [0.15, 0.2) is 5.60 Å². The summed E-state index contributed by atoms with van der Waals surface area (Å²) in [7, 11) is 0. The highest BCUT2D eigenvalue weighted by molar-refractivity contribution is 14.0. The molecule has 0 aliphatic carbocycles. The molecular weight excluding hydrogens is 379 g/mol. The van der Waals surface area contributed by atoms with E-state index in [9.17, 15) is 19.5 Å². The maximum atomic E-state index is 11.2. The van der Waals surface area contributed by atoms with Crippen molar-refractivity contribution >= 4 is 41.9 Å². The maximum absolute atomic E-state index is 11.2. The Morgan fingerprint density at radius 1 is 1.05 bits per heavy atom. The minimum absolute atomic E-state index is 0. The molecular formula is C9H15IO9. The Morgan fingerprint density at radius 3 is 1.84 bits per heavy atom. The summed E-state index contributed by atoms with van der Waals surface area (Å²) in [5.41, 5.74) is -2.79. The summed E-state index contributed by atoms with van der Waals surface area (Å²) in [5, 5.41) is 43.8. The van der Waals surface area contributed by atoms with Crippen molar-refractivity contribution < 1.29 is 44.7 Å². The topological polar surface area (TPSA) is 162 Å². The average molecular weight is 394 g/mol. The fraction of sp³-hybridized carbons (Fsp3) is 0.667. The Labute approximate surface area is 124 Å². The smallest absolute Gasteiger partial charge is 0.336 e. The molecule has 0 aromatic heterocycles. The summed E-state index contributed by atoms with van der Waals surface area (Å²) in [4.78, 5) is 32.3. The summed E-state index contributed by atoms with van der Waals surface area (Å²) in [5.74, 6) is -4.73. The first-order valence-electron chi connectivity index (χ1n) is 4.84. The molecule has 0 spiro atoms. The number of carbonyl (C=O) groups excluding carboxylic acids is 1. The molecule has 10 heteroatoms. The van der Waals surface area contributed by atoms with E-state index in [0.717, 1.165) is 0 Å². The van der Waals surface area contributed by atoms with E-state index in [1.807, 2.05) is 0 Å². The van der Waals surface area contributed by atoms with Crippen LogP contribution >= 0.6 is 24.0 Å². The molecule has 19 heavy (non-hydrogen) atoms. The largest absolute Gasteiger partial charge is 0.481 e. The van der Waals surface area contributed by atoms with Crippen molar-refractivity contribution in [2.24, 2.45) is 0 Å². The van der Waals surface area contributed by atoms with Crippen molar-refractivity contribution in [2.45, 2.75) is 24.5 Å². The monoisotopic (exact) mass is 394 g/mol. The molecule has 0 heterocycles. The molecule has 0 fully saturated rings. The molecule has 0 radical (unpaired) electrons. The number of hydrogen-bond donors (Lipinski definition) is 5. The molecule has 0 bridgehead atoms. The first-order chi connectivity index (χ1) is 8.25. The van der Waals surface area contributed by atoms with Crippen LogP contribution in [-0.4, -0.2) is 68.4 Å². The van der Waals surface area contributed by atoms with Gasteiger partial charge < -0.3 is 30.3 Å². The normalized spacial score (nSPS) is 13.3. The highest BCUT2D eigenvalue weighted by atomic mass is 127. The van der Waals surface area contributed by atoms with Gasteiger partial charge in [-0.05, 0) is 0 Å². The highest BCUT2D eigenvalue weighted by Crippen LogP contribution is 2.17. The Balaban J connectivity index is 0. The number of carbonyl (C=O) groups is 3. The maximum Gasteiger partial charge on any atom is 0.336 e. The third-order valence-electron chi connectivity index (χ3n) is 1.98. The number of carboxylic acids is 2. The quantitative estimate of drug-likeness (QED) is 0.236. The van der Waals surface area contributed by atoms with E-state index in [4.69, 9.17) is 20.4 Å². The molecule has 5 N–H and O–H groups in total. The van der Waals surface area contributed by atoms with Crippen LogP contribution in [0.1, 0.15) is 12.8 Å². The number of aliphatic hydroxyl groups excluding tert-OH is 2. The number of carboxylic acid groups (broad SMARTS) is 2. The Bertz CT molecular complexity index is 328. The van der Waals surface area contributed by atoms with E-state index in [1.165, 1.54) is 0 Å². The van der Waals surface area contributed by atoms with Gasteiger partial charge in [-0.1, -0.05) is 0 Å². The number of aliphatic hydroxyl groups is 3. The summed E-state index contributed by atoms with van der Waals surface area (Å²) >= 11 is 0. The number of halogens is 1. The molecule has 0 aromatic carbocycles. The molecule has 112 valence electrons. The van der Waals surface area contributed by atoms with Crippen LogP contribution in [0.2, 0.25) is 0 Å². The Hall–Kier alpha value is -0.980. The lowest BCUT2D eigenvalue weighted by Gasteiger charge is -2.21. The summed E-state index contributed by atoms with van der Waals surface area (Å²) in [6.07, 6.45) is -3.54. The molecule has 0 aliphatic rings. The van der Waals surface area contributed by atoms with Crippen LogP contribution < -0.4 is 0 Å². The van der Waals surface area contributed by atoms with Crippen LogP contribution in [0.4, 0.5) is 0 Å². The second-order valence-corrected chi connectivity index (χ2v) is 3.56. The fourth-order valence-corrected chi connectivity index (χ4v) is 1.06. The minimum Gasteiger partial charge on any atom is -0.481 e. The van der Waals surface area contributed by atoms with Gasteiger partial charge in [0.2, 0.25) is 0 Å². The van der Waals surface area contributed by atoms with Gasteiger partial charge in [-0.3, -0.25) is 9.59 Å². The van der Waals surface area contributed by atoms with Crippen LogP contribution in [0.3, 0.4) is 0 Å². The predicted octanol–water partition coefficient (Wildman–Crippen LogP) is -1.82. The SMILES string of the molecule is I.O=C(O)CC(O)(CC(=O)OC(CO)CO)C(=O)O. The molecule has 1 unspecified atom stereocenters. The van der Waals surface area contributed by atoms with E-state index in [0.29, 0.717) is 0 Å². The van der Waals surface area contributed by atoms with Crippen molar-refractivity contribution in [2.75, 3.05) is 13.2 Å². The van der Waals surface area contributed by atoms with E-state index in [-0.39, 0.29) is 24.0 Å². The van der Waals surface area contributed by atoms with Gasteiger partial charge >= 0.3 is 17.9 Å². The zero-order valence-electron chi connectivity index (χ0n) is 9.68. The summed E-state index contributed by atoms with van der Waals surface area (Å²) < 4.78 is 4.42. The van der Waals surface area contributed by atoms with Crippen LogP contribution in [-0.2, 0) is 19.1 Å². The zero-order chi connectivity index (χ0) is 14.3. The molecule has 0 rings (SSSR count). The molecule has 1 atom stereocenters. The van der Waals surface area contributed by atoms with Gasteiger partial charge in [-0.25, -0.2) is 4.79 Å². The average Bonchev–Trinajstić information content (AvgIpc) is 2.24. The predicted molar refractivity (Wildman–Crippen MR) is 68.9 cm³/mol. The van der Waals surface area contributed by atoms with E-state index in [1.54, 1.807) is 0 Å². The molecule has 0 saturated heterocycles. The number of rotatable bonds is 8. The fourth-order valence-electron chi connectivity index (χ4n) is 1.06. The van der Waals surface area contributed by atoms with Crippen LogP contribution in [0.5, 0.6) is 0 Å². The van der Waals surface area contributed by atoms with Gasteiger partial charge in [0.05, 0.1) is 26.1 Å². The van der Waals surface area contributed by atoms with Crippen molar-refractivity contribution in [3.8, 4) is 0 Å². The second kappa shape index (κ2) is 9.01. The third kappa shape index (κ3) is 7.25. The molecule has 0 aromatic rings. The van der Waals surface area contributed by atoms with E-state index < -0.39 is 55.7 Å². The summed E-state index contributed by atoms with van der Waals surface area (Å²) in [6, 6.07) is 0. The second-order valence-electron chi connectivity index (χ2n) is 3.56. The van der Waals surface area contributed by atoms with Crippen LogP contribution in [0, 0.1) is 0 Å². The van der Waals surface area contributed by atoms with Crippen LogP contribution in [0.25, 0.3) is 0 Å². The van der Waals surface area contributed by atoms with E-state index >= 15 is 0 Å². The number of aliphatic carboxylic acids is 2. The van der Waals surface area contributed by atoms with Gasteiger partial charge in [-0.15, -0.1) is 24.0 Å². The van der Waals surface area contributed by atoms with Gasteiger partial charge in [0, 0.05) is 0 Å². The van der Waals surface area contributed by atoms with Gasteiger partial charge in [0.25, 0.3) is 0 Å². The molecule has 0 saturated carbocycles. The van der Waals surface area contributed by atoms with Crippen molar-refractivity contribution in [1.82, 2.24) is 0 Å². The highest BCUT2D eigenvalue weighted by Gasteiger charge is 2.41. The Kier molecular flexibility index (Phi) is 9.64. The van der Waals surface area contributed by atoms with Gasteiger partial charge in [0.1, 0.15) is 6.10 Å². The van der Waals surface area contributed by atoms with E-state index in [2.05, 4.69) is 4.74 Å². The lowest BCUT2D eigenvalue weighted by molar-refractivity contribution is -0.175. The minimum atomic E-state index is -2.79. The van der Waals surface area contributed by atoms with Gasteiger partial charge in [-0.2, -0.15) is 0 Å². The zero-order valence-corrected chi connectivity index (χ0v) is 12.0. The van der Waals surface area contributed by atoms with Crippen LogP contribution in [0.15, 0.2) is 0 Å². The lowest BCUT2D eigenvalue weighted by Crippen LogP contribution is -2.43. The summed E-state index contributed by atoms with van der Waals surface area (Å²) in [6.45, 7) is -1.38. The number of esters is 1. The Morgan fingerprint density at radius 2 is 1.53 bits per heavy atom. The molecule has 0 aliphatic heterocycles. The first-order valence-corrected chi connectivity index (χ1v) is 4.84. The van der Waals surface area contributed by atoms with Crippen molar-refractivity contribution in [3.63, 3.8) is 0 Å². The van der Waals surface area contributed by atoms with Crippen molar-refractivity contribution in [1.29, 1.82) is 0 Å².